The summed E-state index contributed by atoms with van der Waals surface area (Å²) >= 11 is 0. The van der Waals surface area contributed by atoms with Gasteiger partial charge in [-0.25, -0.2) is 12.7 Å². The summed E-state index contributed by atoms with van der Waals surface area (Å²) in [6.45, 7) is 2.31. The molecule has 0 spiro atoms. The molecular weight excluding hydrogens is 284 g/mol. The van der Waals surface area contributed by atoms with Gasteiger partial charge in [-0.1, -0.05) is 12.1 Å². The second-order valence-electron chi connectivity index (χ2n) is 4.47. The van der Waals surface area contributed by atoms with Crippen LogP contribution in [0.25, 0.3) is 0 Å². The average Bonchev–Trinajstić information content (AvgIpc) is 2.35. The summed E-state index contributed by atoms with van der Waals surface area (Å²) in [5.41, 5.74) is 0.536. The fraction of sp³-hybridized carbons (Fsp3) is 0.500. The fourth-order valence-corrected chi connectivity index (χ4v) is 2.79. The molecule has 0 heterocycles. The van der Waals surface area contributed by atoms with Crippen molar-refractivity contribution in [1.29, 1.82) is 0 Å². The monoisotopic (exact) mass is 304 g/mol. The lowest BCUT2D eigenvalue weighted by molar-refractivity contribution is 0.521. The lowest BCUT2D eigenvalue weighted by atomic mass is 10.3. The molecule has 0 aliphatic heterocycles. The van der Waals surface area contributed by atoms with Gasteiger partial charge in [0.15, 0.2) is 0 Å². The Labute approximate surface area is 117 Å². The molecule has 0 amide bonds. The smallest absolute Gasteiger partial charge is 0.244 e. The summed E-state index contributed by atoms with van der Waals surface area (Å²) in [7, 11) is -1.43. The van der Waals surface area contributed by atoms with Gasteiger partial charge in [0.1, 0.15) is 4.90 Å². The molecule has 1 aromatic rings. The van der Waals surface area contributed by atoms with Crippen LogP contribution < -0.4 is 5.32 Å². The first kappa shape index (κ1) is 16.1. The molecule has 0 aliphatic rings. The van der Waals surface area contributed by atoms with Crippen molar-refractivity contribution >= 4 is 26.5 Å². The summed E-state index contributed by atoms with van der Waals surface area (Å²) in [6.07, 6.45) is 1.63. The molecule has 19 heavy (non-hydrogen) atoms. The maximum atomic E-state index is 12.2. The third kappa shape index (κ3) is 4.02. The molecule has 0 bridgehead atoms. The summed E-state index contributed by atoms with van der Waals surface area (Å²) in [5.74, 6) is 0. The average molecular weight is 304 g/mol. The van der Waals surface area contributed by atoms with E-state index in [0.717, 1.165) is 0 Å². The molecule has 0 aliphatic carbocycles. The van der Waals surface area contributed by atoms with E-state index in [-0.39, 0.29) is 10.1 Å². The van der Waals surface area contributed by atoms with Crippen molar-refractivity contribution < 1.29 is 12.6 Å². The predicted molar refractivity (Wildman–Crippen MR) is 79.3 cm³/mol. The van der Waals surface area contributed by atoms with Crippen molar-refractivity contribution in [3.05, 3.63) is 24.3 Å². The van der Waals surface area contributed by atoms with E-state index < -0.39 is 20.8 Å². The minimum Gasteiger partial charge on any atom is -0.383 e. The molecule has 108 valence electrons. The molecule has 1 aromatic carbocycles. The molecule has 2 atom stereocenters. The van der Waals surface area contributed by atoms with Crippen molar-refractivity contribution in [2.24, 2.45) is 0 Å². The summed E-state index contributed by atoms with van der Waals surface area (Å²) in [5, 5.41) is 3.01. The molecule has 0 radical (unpaired) electrons. The zero-order valence-electron chi connectivity index (χ0n) is 11.6. The van der Waals surface area contributed by atoms with E-state index in [4.69, 9.17) is 0 Å². The Bertz CT molecular complexity index is 556. The SMILES string of the molecule is CC(CNc1ccccc1S(=O)(=O)N(C)C)S(C)=O. The molecule has 7 heteroatoms. The second kappa shape index (κ2) is 6.49. The summed E-state index contributed by atoms with van der Waals surface area (Å²) in [6, 6.07) is 6.72. The van der Waals surface area contributed by atoms with Gasteiger partial charge in [0.05, 0.1) is 5.69 Å². The Morgan fingerprint density at radius 2 is 1.89 bits per heavy atom. The van der Waals surface area contributed by atoms with Crippen LogP contribution in [0.1, 0.15) is 6.92 Å². The number of sulfonamides is 1. The highest BCUT2D eigenvalue weighted by atomic mass is 32.2. The van der Waals surface area contributed by atoms with E-state index in [1.807, 2.05) is 6.92 Å². The number of anilines is 1. The first-order valence-electron chi connectivity index (χ1n) is 5.84. The summed E-state index contributed by atoms with van der Waals surface area (Å²) < 4.78 is 36.8. The lowest BCUT2D eigenvalue weighted by Crippen LogP contribution is -2.25. The maximum Gasteiger partial charge on any atom is 0.244 e. The van der Waals surface area contributed by atoms with Crippen LogP contribution in [-0.4, -0.2) is 49.1 Å². The van der Waals surface area contributed by atoms with Gasteiger partial charge in [-0.05, 0) is 19.1 Å². The van der Waals surface area contributed by atoms with Gasteiger partial charge >= 0.3 is 0 Å². The fourth-order valence-electron chi connectivity index (χ4n) is 1.41. The first-order valence-corrected chi connectivity index (χ1v) is 8.90. The van der Waals surface area contributed by atoms with Crippen LogP contribution in [0.4, 0.5) is 5.69 Å². The van der Waals surface area contributed by atoms with Crippen LogP contribution in [0.5, 0.6) is 0 Å². The van der Waals surface area contributed by atoms with Crippen LogP contribution in [0.15, 0.2) is 29.2 Å². The third-order valence-electron chi connectivity index (χ3n) is 2.79. The predicted octanol–water partition coefficient (Wildman–Crippen LogP) is 1.12. The Kier molecular flexibility index (Phi) is 5.51. The normalized spacial score (nSPS) is 15.2. The molecule has 0 saturated heterocycles. The minimum atomic E-state index is -3.48. The molecule has 0 saturated carbocycles. The molecule has 5 nitrogen and oxygen atoms in total. The third-order valence-corrected chi connectivity index (χ3v) is 5.97. The number of benzene rings is 1. The highest BCUT2D eigenvalue weighted by Gasteiger charge is 2.21. The lowest BCUT2D eigenvalue weighted by Gasteiger charge is -2.17. The van der Waals surface area contributed by atoms with Gasteiger partial charge in [-0.3, -0.25) is 4.21 Å². The number of rotatable bonds is 6. The standard InChI is InChI=1S/C12H20N2O3S2/c1-10(18(4)15)9-13-11-7-5-6-8-12(11)19(16,17)14(2)3/h5-8,10,13H,9H2,1-4H3. The van der Waals surface area contributed by atoms with E-state index in [1.54, 1.807) is 30.5 Å². The van der Waals surface area contributed by atoms with Crippen LogP contribution >= 0.6 is 0 Å². The van der Waals surface area contributed by atoms with Crippen molar-refractivity contribution in [1.82, 2.24) is 4.31 Å². The highest BCUT2D eigenvalue weighted by molar-refractivity contribution is 7.89. The van der Waals surface area contributed by atoms with E-state index in [0.29, 0.717) is 12.2 Å². The number of hydrogen-bond acceptors (Lipinski definition) is 4. The topological polar surface area (TPSA) is 66.5 Å². The van der Waals surface area contributed by atoms with Crippen molar-refractivity contribution in [3.8, 4) is 0 Å². The molecular formula is C12H20N2O3S2. The van der Waals surface area contributed by atoms with Gasteiger partial charge in [-0.2, -0.15) is 0 Å². The Balaban J connectivity index is 3.01. The Morgan fingerprint density at radius 3 is 2.42 bits per heavy atom. The van der Waals surface area contributed by atoms with Crippen molar-refractivity contribution in [2.45, 2.75) is 17.1 Å². The highest BCUT2D eigenvalue weighted by Crippen LogP contribution is 2.23. The van der Waals surface area contributed by atoms with Crippen molar-refractivity contribution in [3.63, 3.8) is 0 Å². The van der Waals surface area contributed by atoms with Crippen LogP contribution in [0.3, 0.4) is 0 Å². The number of nitrogens with zero attached hydrogens (tertiary/aromatic N) is 1. The maximum absolute atomic E-state index is 12.2. The largest absolute Gasteiger partial charge is 0.383 e. The van der Waals surface area contributed by atoms with E-state index in [9.17, 15) is 12.6 Å². The molecule has 1 N–H and O–H groups in total. The van der Waals surface area contributed by atoms with E-state index >= 15 is 0 Å². The zero-order valence-corrected chi connectivity index (χ0v) is 13.2. The van der Waals surface area contributed by atoms with Gasteiger partial charge < -0.3 is 5.32 Å². The quantitative estimate of drug-likeness (QED) is 0.855. The van der Waals surface area contributed by atoms with Crippen LogP contribution in [0.2, 0.25) is 0 Å². The van der Waals surface area contributed by atoms with Gasteiger partial charge in [0, 0.05) is 42.9 Å². The van der Waals surface area contributed by atoms with E-state index in [2.05, 4.69) is 5.32 Å². The Hall–Kier alpha value is -0.920. The Morgan fingerprint density at radius 1 is 1.32 bits per heavy atom. The van der Waals surface area contributed by atoms with E-state index in [1.165, 1.54) is 18.4 Å². The number of para-hydroxylation sites is 1. The van der Waals surface area contributed by atoms with Crippen LogP contribution in [0, 0.1) is 0 Å². The zero-order chi connectivity index (χ0) is 14.6. The second-order valence-corrected chi connectivity index (χ2v) is 8.40. The van der Waals surface area contributed by atoms with Crippen LogP contribution in [-0.2, 0) is 20.8 Å². The minimum absolute atomic E-state index is 0.0462. The first-order chi connectivity index (χ1) is 8.76. The number of hydrogen-bond donors (Lipinski definition) is 1. The van der Waals surface area contributed by atoms with Crippen molar-refractivity contribution in [2.75, 3.05) is 32.2 Å². The summed E-state index contributed by atoms with van der Waals surface area (Å²) in [4.78, 5) is 0.231. The van der Waals surface area contributed by atoms with Gasteiger partial charge in [0.2, 0.25) is 10.0 Å². The molecule has 2 unspecified atom stereocenters. The molecule has 0 aromatic heterocycles. The molecule has 1 rings (SSSR count). The van der Waals surface area contributed by atoms with Gasteiger partial charge in [0.25, 0.3) is 0 Å². The van der Waals surface area contributed by atoms with Gasteiger partial charge in [-0.15, -0.1) is 0 Å². The molecule has 0 fully saturated rings. The number of nitrogens with one attached hydrogen (secondary N) is 1.